The lowest BCUT2D eigenvalue weighted by Crippen LogP contribution is -2.25. The van der Waals surface area contributed by atoms with Crippen molar-refractivity contribution in [3.05, 3.63) is 41.7 Å². The van der Waals surface area contributed by atoms with Gasteiger partial charge in [-0.25, -0.2) is 0 Å². The minimum absolute atomic E-state index is 0.161. The second-order valence-electron chi connectivity index (χ2n) is 7.38. The maximum absolute atomic E-state index is 10.3. The van der Waals surface area contributed by atoms with Gasteiger partial charge in [0.2, 0.25) is 0 Å². The Bertz CT molecular complexity index is 634. The Morgan fingerprint density at radius 1 is 1.17 bits per heavy atom. The van der Waals surface area contributed by atoms with Crippen LogP contribution in [0.1, 0.15) is 32.2 Å². The van der Waals surface area contributed by atoms with Gasteiger partial charge in [0.05, 0.1) is 18.2 Å². The standard InChI is InChI=1S/C17H25N5O/c1-17(2,3)22-19-16(18-20-22)12-21-10-14(15(23)11-21)9-13-7-5-4-6-8-13/h4-8,14-15,23H,9-12H2,1-3H3/t14-,15-/m1/s1. The average Bonchev–Trinajstić information content (AvgIpc) is 3.08. The quantitative estimate of drug-likeness (QED) is 0.925. The van der Waals surface area contributed by atoms with Gasteiger partial charge in [0.15, 0.2) is 5.82 Å². The molecule has 1 aliphatic rings. The molecule has 23 heavy (non-hydrogen) atoms. The first-order valence-electron chi connectivity index (χ1n) is 8.15. The average molecular weight is 315 g/mol. The number of aromatic nitrogens is 4. The number of β-amino-alcohol motifs (C(OH)–C–C–N with tert-alkyl or cyclic N) is 1. The molecule has 124 valence electrons. The monoisotopic (exact) mass is 315 g/mol. The number of benzene rings is 1. The normalized spacial score (nSPS) is 22.6. The molecule has 0 radical (unpaired) electrons. The van der Waals surface area contributed by atoms with E-state index in [9.17, 15) is 5.11 Å². The van der Waals surface area contributed by atoms with Crippen LogP contribution in [0.4, 0.5) is 0 Å². The second kappa shape index (κ2) is 6.37. The van der Waals surface area contributed by atoms with Crippen LogP contribution in [0.15, 0.2) is 30.3 Å². The van der Waals surface area contributed by atoms with Crippen molar-refractivity contribution in [1.29, 1.82) is 0 Å². The number of aliphatic hydroxyl groups excluding tert-OH is 1. The largest absolute Gasteiger partial charge is 0.391 e. The van der Waals surface area contributed by atoms with Crippen molar-refractivity contribution in [2.75, 3.05) is 13.1 Å². The molecule has 6 heteroatoms. The predicted octanol–water partition coefficient (Wildman–Crippen LogP) is 1.46. The molecular formula is C17H25N5O. The van der Waals surface area contributed by atoms with E-state index in [1.54, 1.807) is 4.80 Å². The van der Waals surface area contributed by atoms with E-state index in [-0.39, 0.29) is 17.6 Å². The van der Waals surface area contributed by atoms with E-state index >= 15 is 0 Å². The molecule has 2 atom stereocenters. The Kier molecular flexibility index (Phi) is 4.46. The van der Waals surface area contributed by atoms with Gasteiger partial charge in [-0.3, -0.25) is 4.90 Å². The maximum atomic E-state index is 10.3. The van der Waals surface area contributed by atoms with Gasteiger partial charge in [-0.15, -0.1) is 10.2 Å². The lowest BCUT2D eigenvalue weighted by molar-refractivity contribution is 0.140. The Morgan fingerprint density at radius 3 is 2.57 bits per heavy atom. The van der Waals surface area contributed by atoms with Crippen molar-refractivity contribution in [1.82, 2.24) is 25.1 Å². The van der Waals surface area contributed by atoms with E-state index in [0.717, 1.165) is 13.0 Å². The smallest absolute Gasteiger partial charge is 0.188 e. The first-order chi connectivity index (χ1) is 10.9. The van der Waals surface area contributed by atoms with Crippen LogP contribution >= 0.6 is 0 Å². The Balaban J connectivity index is 1.59. The van der Waals surface area contributed by atoms with Crippen LogP contribution in [-0.2, 0) is 18.5 Å². The summed E-state index contributed by atoms with van der Waals surface area (Å²) < 4.78 is 0. The molecule has 3 rings (SSSR count). The summed E-state index contributed by atoms with van der Waals surface area (Å²) in [6, 6.07) is 10.3. The number of hydrogen-bond acceptors (Lipinski definition) is 5. The van der Waals surface area contributed by atoms with Gasteiger partial charge in [0.25, 0.3) is 0 Å². The number of nitrogens with zero attached hydrogens (tertiary/aromatic N) is 5. The van der Waals surface area contributed by atoms with Crippen molar-refractivity contribution in [2.45, 2.75) is 45.4 Å². The molecule has 1 fully saturated rings. The summed E-state index contributed by atoms with van der Waals surface area (Å²) in [4.78, 5) is 3.86. The molecule has 6 nitrogen and oxygen atoms in total. The van der Waals surface area contributed by atoms with Crippen LogP contribution in [0.5, 0.6) is 0 Å². The fraction of sp³-hybridized carbons (Fsp3) is 0.588. The lowest BCUT2D eigenvalue weighted by atomic mass is 9.97. The van der Waals surface area contributed by atoms with E-state index in [1.807, 2.05) is 39.0 Å². The minimum atomic E-state index is -0.298. The van der Waals surface area contributed by atoms with Gasteiger partial charge >= 0.3 is 0 Å². The number of tetrazole rings is 1. The number of aliphatic hydroxyl groups is 1. The van der Waals surface area contributed by atoms with Gasteiger partial charge in [-0.05, 0) is 38.0 Å². The van der Waals surface area contributed by atoms with Gasteiger partial charge in [-0.1, -0.05) is 30.3 Å². The van der Waals surface area contributed by atoms with Gasteiger partial charge in [0.1, 0.15) is 0 Å². The Hall–Kier alpha value is -1.79. The van der Waals surface area contributed by atoms with Gasteiger partial charge in [-0.2, -0.15) is 4.80 Å². The van der Waals surface area contributed by atoms with Crippen LogP contribution in [0.3, 0.4) is 0 Å². The molecule has 0 unspecified atom stereocenters. The highest BCUT2D eigenvalue weighted by atomic mass is 16.3. The summed E-state index contributed by atoms with van der Waals surface area (Å²) in [5.74, 6) is 0.975. The van der Waals surface area contributed by atoms with Gasteiger partial charge in [0, 0.05) is 19.0 Å². The molecule has 1 aromatic heterocycles. The highest BCUT2D eigenvalue weighted by Crippen LogP contribution is 2.22. The minimum Gasteiger partial charge on any atom is -0.391 e. The fourth-order valence-electron chi connectivity index (χ4n) is 2.98. The first kappa shape index (κ1) is 16.1. The molecule has 0 spiro atoms. The summed E-state index contributed by atoms with van der Waals surface area (Å²) in [5, 5.41) is 23.0. The molecule has 0 saturated carbocycles. The summed E-state index contributed by atoms with van der Waals surface area (Å²) in [6.45, 7) is 8.32. The van der Waals surface area contributed by atoms with E-state index in [1.165, 1.54) is 5.56 Å². The van der Waals surface area contributed by atoms with Crippen molar-refractivity contribution in [3.8, 4) is 0 Å². The van der Waals surface area contributed by atoms with Crippen molar-refractivity contribution in [3.63, 3.8) is 0 Å². The SMILES string of the molecule is CC(C)(C)n1nnc(CN2C[C@@H](Cc3ccccc3)[C@H](O)C2)n1. The predicted molar refractivity (Wildman–Crippen MR) is 87.7 cm³/mol. The van der Waals surface area contributed by atoms with Crippen LogP contribution in [0.25, 0.3) is 0 Å². The number of rotatable bonds is 4. The zero-order valence-electron chi connectivity index (χ0n) is 14.1. The zero-order valence-corrected chi connectivity index (χ0v) is 14.1. The van der Waals surface area contributed by atoms with Crippen LogP contribution in [0, 0.1) is 5.92 Å². The van der Waals surface area contributed by atoms with Gasteiger partial charge < -0.3 is 5.11 Å². The van der Waals surface area contributed by atoms with Crippen LogP contribution in [0.2, 0.25) is 0 Å². The van der Waals surface area contributed by atoms with Crippen molar-refractivity contribution in [2.24, 2.45) is 5.92 Å². The third-order valence-electron chi connectivity index (χ3n) is 4.24. The molecule has 0 aliphatic carbocycles. The fourth-order valence-corrected chi connectivity index (χ4v) is 2.98. The summed E-state index contributed by atoms with van der Waals surface area (Å²) >= 11 is 0. The highest BCUT2D eigenvalue weighted by Gasteiger charge is 2.32. The van der Waals surface area contributed by atoms with Crippen LogP contribution in [-0.4, -0.2) is 49.4 Å². The molecule has 2 aromatic rings. The lowest BCUT2D eigenvalue weighted by Gasteiger charge is -2.16. The zero-order chi connectivity index (χ0) is 16.4. The van der Waals surface area contributed by atoms with Crippen molar-refractivity contribution < 1.29 is 5.11 Å². The molecule has 1 aliphatic heterocycles. The van der Waals surface area contributed by atoms with E-state index < -0.39 is 0 Å². The molecule has 1 N–H and O–H groups in total. The Labute approximate surface area is 137 Å². The summed E-state index contributed by atoms with van der Waals surface area (Å²) in [7, 11) is 0. The molecule has 0 amide bonds. The summed E-state index contributed by atoms with van der Waals surface area (Å²) in [5.41, 5.74) is 1.11. The molecular weight excluding hydrogens is 290 g/mol. The van der Waals surface area contributed by atoms with E-state index in [2.05, 4.69) is 32.4 Å². The first-order valence-corrected chi connectivity index (χ1v) is 8.15. The number of hydrogen-bond donors (Lipinski definition) is 1. The number of likely N-dealkylation sites (tertiary alicyclic amines) is 1. The second-order valence-corrected chi connectivity index (χ2v) is 7.38. The highest BCUT2D eigenvalue weighted by molar-refractivity contribution is 5.16. The topological polar surface area (TPSA) is 67.1 Å². The molecule has 1 aromatic carbocycles. The molecule has 1 saturated heterocycles. The van der Waals surface area contributed by atoms with Crippen LogP contribution < -0.4 is 0 Å². The maximum Gasteiger partial charge on any atom is 0.188 e. The third kappa shape index (κ3) is 3.95. The van der Waals surface area contributed by atoms with E-state index in [4.69, 9.17) is 0 Å². The van der Waals surface area contributed by atoms with Crippen molar-refractivity contribution >= 4 is 0 Å². The third-order valence-corrected chi connectivity index (χ3v) is 4.24. The molecule has 2 heterocycles. The Morgan fingerprint density at radius 2 is 1.91 bits per heavy atom. The summed E-state index contributed by atoms with van der Waals surface area (Å²) in [6.07, 6.45) is 0.605. The molecule has 0 bridgehead atoms. The van der Waals surface area contributed by atoms with E-state index in [0.29, 0.717) is 18.9 Å².